The summed E-state index contributed by atoms with van der Waals surface area (Å²) in [5, 5.41) is 6.10. The Kier molecular flexibility index (Phi) is 4.04. The quantitative estimate of drug-likeness (QED) is 0.742. The van der Waals surface area contributed by atoms with Crippen molar-refractivity contribution in [1.29, 1.82) is 0 Å². The summed E-state index contributed by atoms with van der Waals surface area (Å²) in [5.41, 5.74) is 0.325. The van der Waals surface area contributed by atoms with Crippen molar-refractivity contribution in [3.05, 3.63) is 66.7 Å². The summed E-state index contributed by atoms with van der Waals surface area (Å²) in [4.78, 5) is -0.795. The summed E-state index contributed by atoms with van der Waals surface area (Å²) >= 11 is 0. The molecule has 0 fully saturated rings. The molecule has 0 bridgehead atoms. The maximum atomic E-state index is 12.9. The van der Waals surface area contributed by atoms with Crippen LogP contribution in [-0.4, -0.2) is 16.8 Å². The van der Waals surface area contributed by atoms with Crippen LogP contribution in [0.4, 0.5) is 5.69 Å². The Morgan fingerprint density at radius 3 is 2.04 bits per heavy atom. The van der Waals surface area contributed by atoms with Crippen molar-refractivity contribution in [3.8, 4) is 0 Å². The molecular formula is C16H14N2O4S2. The Balaban J connectivity index is 2.30. The first-order chi connectivity index (χ1) is 11.3. The summed E-state index contributed by atoms with van der Waals surface area (Å²) in [5.74, 6) is 0. The van der Waals surface area contributed by atoms with Crippen LogP contribution in [0.2, 0.25) is 0 Å². The number of hydrogen-bond acceptors (Lipinski definition) is 4. The van der Waals surface area contributed by atoms with Crippen molar-refractivity contribution in [2.45, 2.75) is 9.79 Å². The van der Waals surface area contributed by atoms with Crippen LogP contribution >= 0.6 is 0 Å². The van der Waals surface area contributed by atoms with Gasteiger partial charge in [0.25, 0.3) is 10.0 Å². The van der Waals surface area contributed by atoms with E-state index in [1.54, 1.807) is 54.6 Å². The molecule has 0 atom stereocenters. The van der Waals surface area contributed by atoms with Gasteiger partial charge in [0.2, 0.25) is 10.0 Å². The Morgan fingerprint density at radius 2 is 1.38 bits per heavy atom. The number of benzene rings is 3. The predicted molar refractivity (Wildman–Crippen MR) is 92.6 cm³/mol. The van der Waals surface area contributed by atoms with Crippen LogP contribution in [0.3, 0.4) is 0 Å². The molecule has 24 heavy (non-hydrogen) atoms. The van der Waals surface area contributed by atoms with E-state index in [1.165, 1.54) is 12.1 Å². The van der Waals surface area contributed by atoms with E-state index in [0.29, 0.717) is 11.1 Å². The molecule has 0 heterocycles. The van der Waals surface area contributed by atoms with Crippen LogP contribution in [0.5, 0.6) is 0 Å². The molecule has 0 saturated heterocycles. The highest BCUT2D eigenvalue weighted by atomic mass is 32.2. The highest BCUT2D eigenvalue weighted by molar-refractivity contribution is 7.94. The second-order valence-corrected chi connectivity index (χ2v) is 8.28. The lowest BCUT2D eigenvalue weighted by molar-refractivity contribution is 0.587. The Morgan fingerprint density at radius 1 is 0.750 bits per heavy atom. The zero-order chi connectivity index (χ0) is 17.4. The first-order valence-electron chi connectivity index (χ1n) is 6.91. The van der Waals surface area contributed by atoms with Crippen molar-refractivity contribution in [1.82, 2.24) is 0 Å². The van der Waals surface area contributed by atoms with Crippen molar-refractivity contribution < 1.29 is 16.8 Å². The summed E-state index contributed by atoms with van der Waals surface area (Å²) < 4.78 is 51.9. The fraction of sp³-hybridized carbons (Fsp3) is 0. The lowest BCUT2D eigenvalue weighted by Crippen LogP contribution is -2.21. The van der Waals surface area contributed by atoms with E-state index in [0.717, 1.165) is 0 Å². The standard InChI is InChI=1S/C16H14N2O4S2/c17-23(19,20)15-11-10-12-6-4-5-9-14(12)16(15)24(21,22)18-13-7-2-1-3-8-13/h1-11,18H,(H2,17,19,20). The molecule has 0 aliphatic rings. The van der Waals surface area contributed by atoms with E-state index in [9.17, 15) is 16.8 Å². The Bertz CT molecular complexity index is 1110. The number of nitrogens with two attached hydrogens (primary N) is 1. The third-order valence-electron chi connectivity index (χ3n) is 3.44. The van der Waals surface area contributed by atoms with Crippen molar-refractivity contribution >= 4 is 36.5 Å². The second-order valence-electron chi connectivity index (χ2n) is 5.13. The molecule has 3 aromatic carbocycles. The van der Waals surface area contributed by atoms with E-state index in [-0.39, 0.29) is 10.3 Å². The van der Waals surface area contributed by atoms with Gasteiger partial charge in [-0.1, -0.05) is 48.5 Å². The summed E-state index contributed by atoms with van der Waals surface area (Å²) in [6, 6.07) is 17.6. The first-order valence-corrected chi connectivity index (χ1v) is 9.94. The smallest absolute Gasteiger partial charge is 0.263 e. The normalized spacial score (nSPS) is 12.2. The number of sulfonamides is 2. The van der Waals surface area contributed by atoms with Crippen LogP contribution in [0.25, 0.3) is 10.8 Å². The molecule has 3 aromatic rings. The number of hydrogen-bond donors (Lipinski definition) is 2. The van der Waals surface area contributed by atoms with Crippen LogP contribution < -0.4 is 9.86 Å². The fourth-order valence-corrected chi connectivity index (χ4v) is 5.10. The van der Waals surface area contributed by atoms with Crippen molar-refractivity contribution in [2.75, 3.05) is 4.72 Å². The number of nitrogens with one attached hydrogen (secondary N) is 1. The molecule has 0 amide bonds. The van der Waals surface area contributed by atoms with E-state index in [1.807, 2.05) is 0 Å². The van der Waals surface area contributed by atoms with Gasteiger partial charge in [-0.3, -0.25) is 4.72 Å². The molecule has 8 heteroatoms. The minimum Gasteiger partial charge on any atom is -0.280 e. The zero-order valence-electron chi connectivity index (χ0n) is 12.4. The van der Waals surface area contributed by atoms with Crippen molar-refractivity contribution in [3.63, 3.8) is 0 Å². The monoisotopic (exact) mass is 362 g/mol. The topological polar surface area (TPSA) is 106 Å². The maximum absolute atomic E-state index is 12.9. The van der Waals surface area contributed by atoms with Gasteiger partial charge >= 0.3 is 0 Å². The van der Waals surface area contributed by atoms with Crippen molar-refractivity contribution in [2.24, 2.45) is 5.14 Å². The molecule has 0 aliphatic carbocycles. The number of rotatable bonds is 4. The van der Waals surface area contributed by atoms with Crippen LogP contribution in [0.15, 0.2) is 76.5 Å². The summed E-state index contributed by atoms with van der Waals surface area (Å²) in [7, 11) is -8.38. The van der Waals surface area contributed by atoms with Gasteiger partial charge in [0.15, 0.2) is 0 Å². The molecule has 0 aromatic heterocycles. The SMILES string of the molecule is NS(=O)(=O)c1ccc2ccccc2c1S(=O)(=O)Nc1ccccc1. The lowest BCUT2D eigenvalue weighted by atomic mass is 10.1. The molecule has 6 nitrogen and oxygen atoms in total. The highest BCUT2D eigenvalue weighted by Crippen LogP contribution is 2.30. The third-order valence-corrected chi connectivity index (χ3v) is 6.01. The van der Waals surface area contributed by atoms with Gasteiger partial charge in [-0.15, -0.1) is 0 Å². The van der Waals surface area contributed by atoms with Gasteiger partial charge in [0, 0.05) is 11.1 Å². The van der Waals surface area contributed by atoms with E-state index >= 15 is 0 Å². The van der Waals surface area contributed by atoms with Gasteiger partial charge in [-0.05, 0) is 23.6 Å². The number of primary sulfonamides is 1. The largest absolute Gasteiger partial charge is 0.280 e. The third kappa shape index (κ3) is 3.12. The minimum absolute atomic E-state index is 0.285. The molecule has 0 saturated carbocycles. The second kappa shape index (κ2) is 5.90. The predicted octanol–water partition coefficient (Wildman–Crippen LogP) is 2.29. The molecule has 0 unspecified atom stereocenters. The van der Waals surface area contributed by atoms with Gasteiger partial charge in [0.05, 0.1) is 0 Å². The van der Waals surface area contributed by atoms with E-state index < -0.39 is 24.9 Å². The Labute approximate surface area is 140 Å². The molecule has 0 aliphatic heterocycles. The number of fused-ring (bicyclic) bond motifs is 1. The minimum atomic E-state index is -4.22. The Hall–Kier alpha value is -2.42. The van der Waals surface area contributed by atoms with E-state index in [2.05, 4.69) is 4.72 Å². The molecule has 0 spiro atoms. The van der Waals surface area contributed by atoms with Crippen LogP contribution in [0, 0.1) is 0 Å². The fourth-order valence-electron chi connectivity index (χ4n) is 2.44. The van der Waals surface area contributed by atoms with E-state index in [4.69, 9.17) is 5.14 Å². The molecule has 124 valence electrons. The number of anilines is 1. The number of para-hydroxylation sites is 1. The lowest BCUT2D eigenvalue weighted by Gasteiger charge is -2.14. The molecule has 3 rings (SSSR count). The highest BCUT2D eigenvalue weighted by Gasteiger charge is 2.27. The summed E-state index contributed by atoms with van der Waals surface area (Å²) in [6.07, 6.45) is 0. The van der Waals surface area contributed by atoms with Crippen LogP contribution in [0.1, 0.15) is 0 Å². The van der Waals surface area contributed by atoms with Crippen LogP contribution in [-0.2, 0) is 20.0 Å². The zero-order valence-corrected chi connectivity index (χ0v) is 14.0. The molecule has 3 N–H and O–H groups in total. The average molecular weight is 362 g/mol. The van der Waals surface area contributed by atoms with Gasteiger partial charge in [0.1, 0.15) is 9.79 Å². The molecule has 0 radical (unpaired) electrons. The maximum Gasteiger partial charge on any atom is 0.263 e. The average Bonchev–Trinajstić information content (AvgIpc) is 2.53. The van der Waals surface area contributed by atoms with Gasteiger partial charge < -0.3 is 0 Å². The molecular weight excluding hydrogens is 348 g/mol. The first kappa shape index (κ1) is 16.4. The summed E-state index contributed by atoms with van der Waals surface area (Å²) in [6.45, 7) is 0. The van der Waals surface area contributed by atoms with Gasteiger partial charge in [-0.25, -0.2) is 22.0 Å². The van der Waals surface area contributed by atoms with Gasteiger partial charge in [-0.2, -0.15) is 0 Å².